The second kappa shape index (κ2) is 9.33. The molecule has 0 atom stereocenters. The van der Waals surface area contributed by atoms with Crippen molar-refractivity contribution >= 4 is 28.6 Å². The van der Waals surface area contributed by atoms with Gasteiger partial charge < -0.3 is 14.6 Å². The second-order valence-electron chi connectivity index (χ2n) is 12.3. The van der Waals surface area contributed by atoms with Gasteiger partial charge in [-0.2, -0.15) is 0 Å². The third-order valence-electron chi connectivity index (χ3n) is 7.44. The van der Waals surface area contributed by atoms with Crippen LogP contribution < -0.4 is 5.32 Å². The van der Waals surface area contributed by atoms with Crippen LogP contribution in [-0.4, -0.2) is 22.6 Å². The topological polar surface area (TPSA) is 56.1 Å². The highest BCUT2D eigenvalue weighted by Crippen LogP contribution is 2.51. The number of anilines is 2. The van der Waals surface area contributed by atoms with E-state index < -0.39 is 0 Å². The van der Waals surface area contributed by atoms with Gasteiger partial charge in [0.05, 0.1) is 24.6 Å². The summed E-state index contributed by atoms with van der Waals surface area (Å²) in [5, 5.41) is 3.63. The number of fused-ring (bicyclic) bond motifs is 1. The molecule has 1 aliphatic carbocycles. The number of rotatable bonds is 6. The first-order valence-electron chi connectivity index (χ1n) is 12.8. The molecule has 2 aromatic carbocycles. The van der Waals surface area contributed by atoms with Gasteiger partial charge in [0, 0.05) is 11.7 Å². The highest BCUT2D eigenvalue weighted by atomic mass is 16.5. The maximum atomic E-state index is 12.0. The summed E-state index contributed by atoms with van der Waals surface area (Å²) < 4.78 is 7.34. The number of aromatic nitrogens is 2. The zero-order chi connectivity index (χ0) is 25.5. The van der Waals surface area contributed by atoms with Crippen molar-refractivity contribution in [1.82, 2.24) is 9.55 Å². The maximum Gasteiger partial charge on any atom is 0.309 e. The van der Waals surface area contributed by atoms with Crippen LogP contribution in [0.5, 0.6) is 0 Å². The molecule has 0 bridgehead atoms. The van der Waals surface area contributed by atoms with Crippen LogP contribution in [0.15, 0.2) is 36.4 Å². The number of methoxy groups -OCH3 is 1. The normalized spacial score (nSPS) is 17.6. The van der Waals surface area contributed by atoms with Crippen LogP contribution in [0.3, 0.4) is 0 Å². The van der Waals surface area contributed by atoms with Crippen LogP contribution in [0.25, 0.3) is 11.0 Å². The minimum atomic E-state index is -0.230. The number of nitrogens with zero attached hydrogens (tertiary/aromatic N) is 2. The number of hydrogen-bond acceptors (Lipinski definition) is 4. The van der Waals surface area contributed by atoms with Crippen molar-refractivity contribution in [2.75, 3.05) is 12.4 Å². The monoisotopic (exact) mass is 475 g/mol. The van der Waals surface area contributed by atoms with E-state index in [4.69, 9.17) is 9.72 Å². The predicted octanol–water partition coefficient (Wildman–Crippen LogP) is 7.70. The van der Waals surface area contributed by atoms with Gasteiger partial charge in [-0.05, 0) is 83.9 Å². The Morgan fingerprint density at radius 2 is 1.74 bits per heavy atom. The molecule has 188 valence electrons. The van der Waals surface area contributed by atoms with Crippen molar-refractivity contribution in [2.45, 2.75) is 86.1 Å². The Balaban J connectivity index is 1.82. The van der Waals surface area contributed by atoms with Crippen LogP contribution in [0.4, 0.5) is 11.6 Å². The van der Waals surface area contributed by atoms with E-state index in [0.717, 1.165) is 46.6 Å². The van der Waals surface area contributed by atoms with Gasteiger partial charge in [0.15, 0.2) is 0 Å². The van der Waals surface area contributed by atoms with Crippen molar-refractivity contribution in [3.8, 4) is 0 Å². The lowest BCUT2D eigenvalue weighted by Crippen LogP contribution is -2.35. The minimum absolute atomic E-state index is 0.230. The summed E-state index contributed by atoms with van der Waals surface area (Å²) >= 11 is 0. The number of carbonyl (C=O) groups is 1. The summed E-state index contributed by atoms with van der Waals surface area (Å²) in [5.41, 5.74) is 6.94. The molecule has 1 N–H and O–H groups in total. The Labute approximate surface area is 210 Å². The number of hydrogen-bond donors (Lipinski definition) is 1. The third kappa shape index (κ3) is 5.55. The Bertz CT molecular complexity index is 1200. The molecule has 5 nitrogen and oxygen atoms in total. The Kier molecular flexibility index (Phi) is 6.74. The molecule has 5 heteroatoms. The molecule has 0 amide bonds. The third-order valence-corrected chi connectivity index (χ3v) is 7.44. The van der Waals surface area contributed by atoms with Gasteiger partial charge in [-0.3, -0.25) is 4.79 Å². The fourth-order valence-corrected chi connectivity index (χ4v) is 6.22. The summed E-state index contributed by atoms with van der Waals surface area (Å²) in [6.07, 6.45) is 3.68. The van der Waals surface area contributed by atoms with Crippen molar-refractivity contribution < 1.29 is 9.53 Å². The van der Waals surface area contributed by atoms with E-state index in [1.54, 1.807) is 0 Å². The lowest BCUT2D eigenvalue weighted by atomic mass is 9.63. The van der Waals surface area contributed by atoms with E-state index in [-0.39, 0.29) is 23.2 Å². The number of imidazole rings is 1. The largest absolute Gasteiger partial charge is 0.469 e. The molecule has 0 radical (unpaired) electrons. The van der Waals surface area contributed by atoms with Crippen molar-refractivity contribution in [3.05, 3.63) is 53.1 Å². The molecule has 1 heterocycles. The highest BCUT2D eigenvalue weighted by Gasteiger charge is 2.40. The summed E-state index contributed by atoms with van der Waals surface area (Å²) in [6, 6.07) is 13.2. The van der Waals surface area contributed by atoms with E-state index in [9.17, 15) is 4.79 Å². The molecular weight excluding hydrogens is 434 g/mol. The smallest absolute Gasteiger partial charge is 0.309 e. The number of ether oxygens (including phenoxy) is 1. The first kappa shape index (κ1) is 25.3. The number of benzene rings is 2. The van der Waals surface area contributed by atoms with E-state index >= 15 is 0 Å². The molecule has 0 saturated heterocycles. The first-order chi connectivity index (χ1) is 16.4. The van der Waals surface area contributed by atoms with Gasteiger partial charge in [0.1, 0.15) is 0 Å². The van der Waals surface area contributed by atoms with Crippen LogP contribution in [0.2, 0.25) is 0 Å². The van der Waals surface area contributed by atoms with E-state index in [0.29, 0.717) is 12.0 Å². The van der Waals surface area contributed by atoms with Crippen molar-refractivity contribution in [1.29, 1.82) is 0 Å². The molecule has 0 aliphatic heterocycles. The lowest BCUT2D eigenvalue weighted by molar-refractivity contribution is -0.139. The Morgan fingerprint density at radius 1 is 1.11 bits per heavy atom. The van der Waals surface area contributed by atoms with Crippen molar-refractivity contribution in [3.63, 3.8) is 0 Å². The van der Waals surface area contributed by atoms with E-state index in [1.165, 1.54) is 19.1 Å². The fraction of sp³-hybridized carbons (Fsp3) is 0.533. The quantitative estimate of drug-likeness (QED) is 0.371. The molecule has 0 spiro atoms. The van der Waals surface area contributed by atoms with Gasteiger partial charge in [0.25, 0.3) is 0 Å². The SMILES string of the molecule is COC(=O)Cc1cc2nc(Nc3ccc(C(C)C)cc3)n(C3CC(C)(C)CC(C)(C)C3)c2cc1C. The average Bonchev–Trinajstić information content (AvgIpc) is 3.08. The van der Waals surface area contributed by atoms with E-state index in [1.807, 2.05) is 0 Å². The lowest BCUT2D eigenvalue weighted by Gasteiger charge is -2.45. The zero-order valence-electron chi connectivity index (χ0n) is 22.7. The van der Waals surface area contributed by atoms with Crippen LogP contribution in [-0.2, 0) is 16.0 Å². The molecule has 1 fully saturated rings. The predicted molar refractivity (Wildman–Crippen MR) is 144 cm³/mol. The number of carbonyl (C=O) groups excluding carboxylic acids is 1. The van der Waals surface area contributed by atoms with Gasteiger partial charge in [-0.1, -0.05) is 53.7 Å². The molecule has 0 unspecified atom stereocenters. The number of nitrogens with one attached hydrogen (secondary N) is 1. The van der Waals surface area contributed by atoms with Crippen LogP contribution >= 0.6 is 0 Å². The molecular formula is C30H41N3O2. The minimum Gasteiger partial charge on any atom is -0.469 e. The van der Waals surface area contributed by atoms with Gasteiger partial charge >= 0.3 is 5.97 Å². The van der Waals surface area contributed by atoms with Gasteiger partial charge in [-0.25, -0.2) is 4.98 Å². The first-order valence-corrected chi connectivity index (χ1v) is 12.8. The summed E-state index contributed by atoms with van der Waals surface area (Å²) in [6.45, 7) is 16.0. The highest BCUT2D eigenvalue weighted by molar-refractivity contribution is 5.83. The molecule has 35 heavy (non-hydrogen) atoms. The fourth-order valence-electron chi connectivity index (χ4n) is 6.22. The second-order valence-corrected chi connectivity index (χ2v) is 12.3. The number of aryl methyl sites for hydroxylation is 1. The van der Waals surface area contributed by atoms with Gasteiger partial charge in [-0.15, -0.1) is 0 Å². The zero-order valence-corrected chi connectivity index (χ0v) is 22.7. The van der Waals surface area contributed by atoms with E-state index in [2.05, 4.69) is 94.7 Å². The standard InChI is InChI=1S/C30H41N3O2/c1-19(2)21-9-11-23(12-10-21)31-28-32-25-14-22(15-27(34)35-8)20(3)13-26(25)33(28)24-16-29(4,5)18-30(6,7)17-24/h9-14,19,24H,15-18H2,1-8H3,(H,31,32). The van der Waals surface area contributed by atoms with Crippen molar-refractivity contribution in [2.24, 2.45) is 10.8 Å². The van der Waals surface area contributed by atoms with Crippen LogP contribution in [0.1, 0.15) is 89.5 Å². The number of esters is 1. The summed E-state index contributed by atoms with van der Waals surface area (Å²) in [7, 11) is 1.43. The maximum absolute atomic E-state index is 12.0. The molecule has 1 aliphatic rings. The summed E-state index contributed by atoms with van der Waals surface area (Å²) in [5.74, 6) is 1.13. The summed E-state index contributed by atoms with van der Waals surface area (Å²) in [4.78, 5) is 17.1. The van der Waals surface area contributed by atoms with Gasteiger partial charge in [0.2, 0.25) is 5.95 Å². The Hall–Kier alpha value is -2.82. The van der Waals surface area contributed by atoms with Crippen LogP contribution in [0, 0.1) is 17.8 Å². The molecule has 1 aromatic heterocycles. The molecule has 1 saturated carbocycles. The molecule has 3 aromatic rings. The Morgan fingerprint density at radius 3 is 2.31 bits per heavy atom. The molecule has 4 rings (SSSR count). The average molecular weight is 476 g/mol.